The molecule has 1 saturated heterocycles. The van der Waals surface area contributed by atoms with Crippen LogP contribution in [-0.4, -0.2) is 43.9 Å². The summed E-state index contributed by atoms with van der Waals surface area (Å²) in [5.41, 5.74) is -0.431. The molecular formula is C16H31N3O2. The van der Waals surface area contributed by atoms with Gasteiger partial charge in [-0.1, -0.05) is 0 Å². The largest absolute Gasteiger partial charge is 0.444 e. The molecule has 1 heterocycles. The number of carbonyl (C=O) groups excluding carboxylic acids is 1. The van der Waals surface area contributed by atoms with Crippen molar-refractivity contribution in [2.75, 3.05) is 26.2 Å². The molecule has 21 heavy (non-hydrogen) atoms. The number of amides is 1. The van der Waals surface area contributed by atoms with Gasteiger partial charge >= 0.3 is 6.09 Å². The average Bonchev–Trinajstić information content (AvgIpc) is 3.21. The Labute approximate surface area is 128 Å². The van der Waals surface area contributed by atoms with E-state index in [2.05, 4.69) is 16.0 Å². The predicted octanol–water partition coefficient (Wildman–Crippen LogP) is 1.88. The summed E-state index contributed by atoms with van der Waals surface area (Å²) in [4.78, 5) is 11.9. The van der Waals surface area contributed by atoms with Gasteiger partial charge in [-0.2, -0.15) is 0 Å². The maximum Gasteiger partial charge on any atom is 0.407 e. The highest BCUT2D eigenvalue weighted by Gasteiger charge is 2.33. The lowest BCUT2D eigenvalue weighted by Crippen LogP contribution is -2.47. The van der Waals surface area contributed by atoms with Crippen molar-refractivity contribution >= 4 is 6.09 Å². The van der Waals surface area contributed by atoms with Gasteiger partial charge in [0.1, 0.15) is 5.60 Å². The van der Waals surface area contributed by atoms with Crippen LogP contribution < -0.4 is 16.0 Å². The van der Waals surface area contributed by atoms with Gasteiger partial charge in [0.2, 0.25) is 0 Å². The summed E-state index contributed by atoms with van der Waals surface area (Å²) in [5, 5.41) is 10.0. The lowest BCUT2D eigenvalue weighted by atomic mass is 9.99. The highest BCUT2D eigenvalue weighted by molar-refractivity contribution is 5.68. The molecule has 5 heteroatoms. The number of rotatable bonds is 6. The van der Waals surface area contributed by atoms with Gasteiger partial charge in [-0.15, -0.1) is 0 Å². The van der Waals surface area contributed by atoms with Crippen LogP contribution in [0.4, 0.5) is 4.79 Å². The summed E-state index contributed by atoms with van der Waals surface area (Å²) in [6.45, 7) is 9.84. The Hall–Kier alpha value is -0.810. The fraction of sp³-hybridized carbons (Fsp3) is 0.938. The zero-order chi connectivity index (χ0) is 15.3. The molecule has 5 nitrogen and oxygen atoms in total. The van der Waals surface area contributed by atoms with Crippen molar-refractivity contribution in [3.05, 3.63) is 0 Å². The molecule has 0 aromatic heterocycles. The lowest BCUT2D eigenvalue weighted by molar-refractivity contribution is 0.0497. The first-order chi connectivity index (χ1) is 9.94. The van der Waals surface area contributed by atoms with Crippen LogP contribution in [0.1, 0.15) is 46.5 Å². The lowest BCUT2D eigenvalue weighted by Gasteiger charge is -2.26. The fourth-order valence-electron chi connectivity index (χ4n) is 2.83. The van der Waals surface area contributed by atoms with Crippen molar-refractivity contribution in [3.8, 4) is 0 Å². The smallest absolute Gasteiger partial charge is 0.407 e. The molecule has 2 rings (SSSR count). The highest BCUT2D eigenvalue weighted by Crippen LogP contribution is 2.32. The van der Waals surface area contributed by atoms with Gasteiger partial charge in [0.05, 0.1) is 0 Å². The Balaban J connectivity index is 1.68. The normalized spacial score (nSPS) is 24.4. The van der Waals surface area contributed by atoms with Gasteiger partial charge in [-0.25, -0.2) is 4.79 Å². The summed E-state index contributed by atoms with van der Waals surface area (Å²) >= 11 is 0. The summed E-state index contributed by atoms with van der Waals surface area (Å²) in [6.07, 6.45) is 4.71. The SMILES string of the molecule is CC(C)(C)OC(=O)NC(CNCC1CCCNC1)C1CC1. The van der Waals surface area contributed by atoms with Crippen LogP contribution in [0.25, 0.3) is 0 Å². The molecular weight excluding hydrogens is 266 g/mol. The minimum absolute atomic E-state index is 0.205. The molecule has 2 aliphatic rings. The van der Waals surface area contributed by atoms with E-state index < -0.39 is 5.60 Å². The minimum atomic E-state index is -0.431. The summed E-state index contributed by atoms with van der Waals surface area (Å²) in [7, 11) is 0. The van der Waals surface area contributed by atoms with E-state index in [0.29, 0.717) is 5.92 Å². The first-order valence-electron chi connectivity index (χ1n) is 8.35. The first-order valence-corrected chi connectivity index (χ1v) is 8.35. The molecule has 0 radical (unpaired) electrons. The van der Waals surface area contributed by atoms with Crippen LogP contribution in [0.5, 0.6) is 0 Å². The van der Waals surface area contributed by atoms with Crippen LogP contribution in [-0.2, 0) is 4.74 Å². The van der Waals surface area contributed by atoms with E-state index in [-0.39, 0.29) is 12.1 Å². The molecule has 1 aliphatic carbocycles. The first kappa shape index (κ1) is 16.6. The van der Waals surface area contributed by atoms with E-state index in [4.69, 9.17) is 4.74 Å². The molecule has 3 N–H and O–H groups in total. The van der Waals surface area contributed by atoms with E-state index in [0.717, 1.165) is 32.1 Å². The van der Waals surface area contributed by atoms with Crippen molar-refractivity contribution in [1.29, 1.82) is 0 Å². The fourth-order valence-corrected chi connectivity index (χ4v) is 2.83. The van der Waals surface area contributed by atoms with E-state index in [1.165, 1.54) is 25.7 Å². The Morgan fingerprint density at radius 2 is 2.10 bits per heavy atom. The quantitative estimate of drug-likeness (QED) is 0.700. The Kier molecular flexibility index (Phi) is 5.88. The standard InChI is InChI=1S/C16H31N3O2/c1-16(2,3)21-15(20)19-14(13-6-7-13)11-18-10-12-5-4-8-17-9-12/h12-14,17-18H,4-11H2,1-3H3,(H,19,20). The van der Waals surface area contributed by atoms with Crippen LogP contribution in [0, 0.1) is 11.8 Å². The Morgan fingerprint density at radius 3 is 2.67 bits per heavy atom. The number of carbonyl (C=O) groups is 1. The molecule has 1 aliphatic heterocycles. The molecule has 2 atom stereocenters. The summed E-state index contributed by atoms with van der Waals surface area (Å²) < 4.78 is 5.35. The predicted molar refractivity (Wildman–Crippen MR) is 84.3 cm³/mol. The van der Waals surface area contributed by atoms with Gasteiger partial charge in [-0.05, 0) is 77.9 Å². The second-order valence-corrected chi connectivity index (χ2v) is 7.46. The number of hydrogen-bond acceptors (Lipinski definition) is 4. The zero-order valence-corrected chi connectivity index (χ0v) is 13.7. The van der Waals surface area contributed by atoms with E-state index in [1.54, 1.807) is 0 Å². The van der Waals surface area contributed by atoms with Gasteiger partial charge in [0.15, 0.2) is 0 Å². The third-order valence-corrected chi connectivity index (χ3v) is 4.09. The number of alkyl carbamates (subject to hydrolysis) is 1. The molecule has 1 saturated carbocycles. The number of hydrogen-bond donors (Lipinski definition) is 3. The van der Waals surface area contributed by atoms with Gasteiger partial charge in [0, 0.05) is 12.6 Å². The second kappa shape index (κ2) is 7.45. The highest BCUT2D eigenvalue weighted by atomic mass is 16.6. The molecule has 1 amide bonds. The third-order valence-electron chi connectivity index (χ3n) is 4.09. The molecule has 0 aromatic rings. The van der Waals surface area contributed by atoms with Crippen molar-refractivity contribution in [2.24, 2.45) is 11.8 Å². The van der Waals surface area contributed by atoms with E-state index in [1.807, 2.05) is 20.8 Å². The van der Waals surface area contributed by atoms with Crippen LogP contribution in [0.3, 0.4) is 0 Å². The van der Waals surface area contributed by atoms with Crippen LogP contribution in [0.15, 0.2) is 0 Å². The van der Waals surface area contributed by atoms with Crippen molar-refractivity contribution in [3.63, 3.8) is 0 Å². The third kappa shape index (κ3) is 6.66. The van der Waals surface area contributed by atoms with Crippen molar-refractivity contribution < 1.29 is 9.53 Å². The molecule has 0 bridgehead atoms. The molecule has 0 aromatic carbocycles. The maximum absolute atomic E-state index is 11.9. The molecule has 122 valence electrons. The molecule has 2 unspecified atom stereocenters. The Bertz CT molecular complexity index is 331. The van der Waals surface area contributed by atoms with Gasteiger partial charge in [0.25, 0.3) is 0 Å². The number of nitrogens with one attached hydrogen (secondary N) is 3. The molecule has 2 fully saturated rings. The number of ether oxygens (including phenoxy) is 1. The summed E-state index contributed by atoms with van der Waals surface area (Å²) in [5.74, 6) is 1.34. The maximum atomic E-state index is 11.9. The van der Waals surface area contributed by atoms with Crippen LogP contribution >= 0.6 is 0 Å². The topological polar surface area (TPSA) is 62.4 Å². The van der Waals surface area contributed by atoms with E-state index in [9.17, 15) is 4.79 Å². The minimum Gasteiger partial charge on any atom is -0.444 e. The van der Waals surface area contributed by atoms with Crippen molar-refractivity contribution in [1.82, 2.24) is 16.0 Å². The second-order valence-electron chi connectivity index (χ2n) is 7.46. The van der Waals surface area contributed by atoms with Gasteiger partial charge in [-0.3, -0.25) is 0 Å². The van der Waals surface area contributed by atoms with Crippen LogP contribution in [0.2, 0.25) is 0 Å². The van der Waals surface area contributed by atoms with E-state index >= 15 is 0 Å². The Morgan fingerprint density at radius 1 is 1.33 bits per heavy atom. The monoisotopic (exact) mass is 297 g/mol. The van der Waals surface area contributed by atoms with Gasteiger partial charge < -0.3 is 20.7 Å². The average molecular weight is 297 g/mol. The number of piperidine rings is 1. The molecule has 0 spiro atoms. The zero-order valence-electron chi connectivity index (χ0n) is 13.7. The van der Waals surface area contributed by atoms with Crippen molar-refractivity contribution in [2.45, 2.75) is 58.1 Å². The summed E-state index contributed by atoms with van der Waals surface area (Å²) in [6, 6.07) is 0.205.